The number of anilines is 1. The Morgan fingerprint density at radius 2 is 1.93 bits per heavy atom. The number of hydrogen-bond donors (Lipinski definition) is 2. The highest BCUT2D eigenvalue weighted by Gasteiger charge is 2.21. The minimum absolute atomic E-state index is 0.855. The quantitative estimate of drug-likeness (QED) is 0.633. The zero-order valence-electron chi connectivity index (χ0n) is 8.58. The van der Waals surface area contributed by atoms with Crippen LogP contribution in [0.5, 0.6) is 0 Å². The zero-order chi connectivity index (χ0) is 10.1. The summed E-state index contributed by atoms with van der Waals surface area (Å²) in [6.07, 6.45) is 2.76. The molecule has 3 rings (SSSR count). The number of fused-ring (bicyclic) bond motifs is 1. The van der Waals surface area contributed by atoms with Crippen LogP contribution in [0, 0.1) is 6.33 Å². The fourth-order valence-electron chi connectivity index (χ4n) is 2.17. The van der Waals surface area contributed by atoms with Gasteiger partial charge in [-0.3, -0.25) is 0 Å². The minimum Gasteiger partial charge on any atom is -0.354 e. The number of hydrogen-bond acceptors (Lipinski definition) is 5. The van der Waals surface area contributed by atoms with Crippen molar-refractivity contribution in [2.24, 2.45) is 0 Å². The second kappa shape index (κ2) is 3.75. The van der Waals surface area contributed by atoms with E-state index in [4.69, 9.17) is 0 Å². The first-order valence-corrected chi connectivity index (χ1v) is 5.37. The normalized spacial score (nSPS) is 20.4. The van der Waals surface area contributed by atoms with E-state index < -0.39 is 0 Å². The molecule has 1 aromatic rings. The van der Waals surface area contributed by atoms with Crippen LogP contribution < -0.4 is 15.5 Å². The summed E-state index contributed by atoms with van der Waals surface area (Å²) in [4.78, 5) is 10.8. The topological polar surface area (TPSA) is 53.1 Å². The number of aromatic nitrogens is 2. The Balaban J connectivity index is 1.93. The van der Waals surface area contributed by atoms with Crippen LogP contribution >= 0.6 is 0 Å². The first kappa shape index (κ1) is 9.06. The van der Waals surface area contributed by atoms with Gasteiger partial charge in [0.05, 0.1) is 5.69 Å². The molecule has 79 valence electrons. The highest BCUT2D eigenvalue weighted by Crippen LogP contribution is 2.23. The third-order valence-corrected chi connectivity index (χ3v) is 2.97. The molecule has 5 nitrogen and oxygen atoms in total. The highest BCUT2D eigenvalue weighted by molar-refractivity contribution is 5.50. The second-order valence-corrected chi connectivity index (χ2v) is 3.91. The molecule has 0 unspecified atom stereocenters. The maximum atomic E-state index is 4.30. The Kier molecular flexibility index (Phi) is 2.26. The summed E-state index contributed by atoms with van der Waals surface area (Å²) in [6, 6.07) is 0. The second-order valence-electron chi connectivity index (χ2n) is 3.91. The maximum absolute atomic E-state index is 4.30. The first-order chi connectivity index (χ1) is 7.45. The SMILES string of the molecule is [c]1nc2c(c(N3CCNCC3)n1)CNC2. The molecule has 1 aromatic heterocycles. The van der Waals surface area contributed by atoms with Crippen molar-refractivity contribution in [1.82, 2.24) is 20.6 Å². The van der Waals surface area contributed by atoms with E-state index >= 15 is 0 Å². The number of nitrogens with zero attached hydrogens (tertiary/aromatic N) is 3. The lowest BCUT2D eigenvalue weighted by molar-refractivity contribution is 0.582. The van der Waals surface area contributed by atoms with Gasteiger partial charge in [0.2, 0.25) is 0 Å². The summed E-state index contributed by atoms with van der Waals surface area (Å²) in [5.74, 6) is 1.08. The van der Waals surface area contributed by atoms with Gasteiger partial charge in [0.1, 0.15) is 5.82 Å². The summed E-state index contributed by atoms with van der Waals surface area (Å²) >= 11 is 0. The highest BCUT2D eigenvalue weighted by atomic mass is 15.2. The van der Waals surface area contributed by atoms with Crippen LogP contribution in [0.2, 0.25) is 0 Å². The number of rotatable bonds is 1. The molecule has 0 spiro atoms. The summed E-state index contributed by atoms with van der Waals surface area (Å²) in [7, 11) is 0. The molecular formula is C10H14N5. The minimum atomic E-state index is 0.855. The molecule has 0 atom stereocenters. The fourth-order valence-corrected chi connectivity index (χ4v) is 2.17. The average molecular weight is 204 g/mol. The molecule has 3 heterocycles. The molecule has 5 heteroatoms. The number of nitrogens with one attached hydrogen (secondary N) is 2. The van der Waals surface area contributed by atoms with Gasteiger partial charge in [-0.1, -0.05) is 0 Å². The van der Waals surface area contributed by atoms with Gasteiger partial charge in [-0.25, -0.2) is 9.97 Å². The van der Waals surface area contributed by atoms with E-state index in [0.717, 1.165) is 50.8 Å². The monoisotopic (exact) mass is 204 g/mol. The third-order valence-electron chi connectivity index (χ3n) is 2.97. The Bertz CT molecular complexity index is 359. The van der Waals surface area contributed by atoms with Gasteiger partial charge < -0.3 is 15.5 Å². The van der Waals surface area contributed by atoms with E-state index in [1.54, 1.807) is 0 Å². The van der Waals surface area contributed by atoms with E-state index in [1.807, 2.05) is 0 Å². The molecule has 15 heavy (non-hydrogen) atoms. The molecule has 2 aliphatic rings. The van der Waals surface area contributed by atoms with E-state index in [1.165, 1.54) is 5.56 Å². The van der Waals surface area contributed by atoms with E-state index in [9.17, 15) is 0 Å². The van der Waals surface area contributed by atoms with Crippen LogP contribution in [0.4, 0.5) is 5.82 Å². The Morgan fingerprint density at radius 1 is 1.07 bits per heavy atom. The molecule has 1 radical (unpaired) electrons. The van der Waals surface area contributed by atoms with E-state index in [0.29, 0.717) is 0 Å². The lowest BCUT2D eigenvalue weighted by Crippen LogP contribution is -2.44. The van der Waals surface area contributed by atoms with Crippen molar-refractivity contribution in [2.45, 2.75) is 13.1 Å². The Morgan fingerprint density at radius 3 is 2.80 bits per heavy atom. The van der Waals surface area contributed by atoms with Gasteiger partial charge in [0.25, 0.3) is 0 Å². The van der Waals surface area contributed by atoms with Gasteiger partial charge in [-0.2, -0.15) is 0 Å². The largest absolute Gasteiger partial charge is 0.354 e. The van der Waals surface area contributed by atoms with Gasteiger partial charge in [-0.05, 0) is 0 Å². The maximum Gasteiger partial charge on any atom is 0.200 e. The van der Waals surface area contributed by atoms with Crippen LogP contribution in [0.1, 0.15) is 11.3 Å². The Hall–Kier alpha value is -1.20. The van der Waals surface area contributed by atoms with Crippen molar-refractivity contribution in [2.75, 3.05) is 31.1 Å². The van der Waals surface area contributed by atoms with Gasteiger partial charge >= 0.3 is 0 Å². The molecule has 2 N–H and O–H groups in total. The summed E-state index contributed by atoms with van der Waals surface area (Å²) in [5.41, 5.74) is 2.37. The van der Waals surface area contributed by atoms with E-state index in [2.05, 4.69) is 31.8 Å². The third kappa shape index (κ3) is 1.57. The molecule has 0 aliphatic carbocycles. The standard InChI is InChI=1S/C10H14N5/c1-3-15(4-2-11-1)10-8-5-12-6-9(8)13-7-14-10/h11-12H,1-6H2. The number of piperazine rings is 1. The zero-order valence-corrected chi connectivity index (χ0v) is 8.58. The molecule has 1 fully saturated rings. The van der Waals surface area contributed by atoms with Gasteiger partial charge in [0.15, 0.2) is 6.33 Å². The van der Waals surface area contributed by atoms with Crippen molar-refractivity contribution in [3.05, 3.63) is 17.6 Å². The van der Waals surface area contributed by atoms with Crippen molar-refractivity contribution >= 4 is 5.82 Å². The van der Waals surface area contributed by atoms with Crippen molar-refractivity contribution in [3.63, 3.8) is 0 Å². The van der Waals surface area contributed by atoms with Crippen LogP contribution in [0.25, 0.3) is 0 Å². The molecule has 0 aromatic carbocycles. The van der Waals surface area contributed by atoms with E-state index in [-0.39, 0.29) is 0 Å². The molecule has 0 bridgehead atoms. The van der Waals surface area contributed by atoms with Crippen LogP contribution in [0.15, 0.2) is 0 Å². The van der Waals surface area contributed by atoms with Crippen molar-refractivity contribution < 1.29 is 0 Å². The first-order valence-electron chi connectivity index (χ1n) is 5.37. The average Bonchev–Trinajstić information content (AvgIpc) is 2.78. The molecule has 0 saturated carbocycles. The smallest absolute Gasteiger partial charge is 0.200 e. The van der Waals surface area contributed by atoms with Crippen molar-refractivity contribution in [1.29, 1.82) is 0 Å². The van der Waals surface area contributed by atoms with Crippen LogP contribution in [-0.2, 0) is 13.1 Å². The van der Waals surface area contributed by atoms with Crippen molar-refractivity contribution in [3.8, 4) is 0 Å². The predicted octanol–water partition coefficient (Wildman–Crippen LogP) is -0.710. The fraction of sp³-hybridized carbons (Fsp3) is 0.600. The van der Waals surface area contributed by atoms with Gasteiger partial charge in [-0.15, -0.1) is 0 Å². The summed E-state index contributed by atoms with van der Waals surface area (Å²) in [6.45, 7) is 5.86. The van der Waals surface area contributed by atoms with Crippen LogP contribution in [0.3, 0.4) is 0 Å². The lowest BCUT2D eigenvalue weighted by atomic mass is 10.2. The Labute approximate surface area is 88.9 Å². The summed E-state index contributed by atoms with van der Waals surface area (Å²) in [5, 5.41) is 6.64. The molecule has 2 aliphatic heterocycles. The summed E-state index contributed by atoms with van der Waals surface area (Å²) < 4.78 is 0. The molecule has 1 saturated heterocycles. The lowest BCUT2D eigenvalue weighted by Gasteiger charge is -2.29. The molecular weight excluding hydrogens is 190 g/mol. The molecule has 0 amide bonds. The predicted molar refractivity (Wildman–Crippen MR) is 56.5 cm³/mol. The van der Waals surface area contributed by atoms with Crippen LogP contribution in [-0.4, -0.2) is 36.1 Å². The van der Waals surface area contributed by atoms with Gasteiger partial charge in [0, 0.05) is 44.8 Å².